The Labute approximate surface area is 146 Å². The standard InChI is InChI=1S/C19H21N5O/c1-2-15(16-9-5-3-6-10-16)13-20-18(25)14-24-22-19(21-23-24)17-11-7-4-8-12-17/h3-12,15H,2,13-14H2,1H3,(H,20,25). The van der Waals surface area contributed by atoms with E-state index in [0.717, 1.165) is 12.0 Å². The zero-order chi connectivity index (χ0) is 17.5. The quantitative estimate of drug-likeness (QED) is 0.720. The van der Waals surface area contributed by atoms with Crippen molar-refractivity contribution in [3.8, 4) is 11.4 Å². The van der Waals surface area contributed by atoms with E-state index in [-0.39, 0.29) is 12.5 Å². The molecule has 3 rings (SSSR count). The molecule has 1 unspecified atom stereocenters. The minimum Gasteiger partial charge on any atom is -0.354 e. The fraction of sp³-hybridized carbons (Fsp3) is 0.263. The van der Waals surface area contributed by atoms with Crippen LogP contribution in [-0.4, -0.2) is 32.7 Å². The number of carbonyl (C=O) groups is 1. The number of nitrogens with zero attached hydrogens (tertiary/aromatic N) is 4. The summed E-state index contributed by atoms with van der Waals surface area (Å²) in [6.07, 6.45) is 0.962. The first kappa shape index (κ1) is 16.8. The van der Waals surface area contributed by atoms with Crippen LogP contribution in [0.15, 0.2) is 60.7 Å². The van der Waals surface area contributed by atoms with Gasteiger partial charge in [-0.3, -0.25) is 4.79 Å². The first-order chi connectivity index (χ1) is 12.3. The molecule has 2 aromatic carbocycles. The third-order valence-corrected chi connectivity index (χ3v) is 4.08. The van der Waals surface area contributed by atoms with Gasteiger partial charge in [0.1, 0.15) is 6.54 Å². The van der Waals surface area contributed by atoms with Crippen LogP contribution >= 0.6 is 0 Å². The van der Waals surface area contributed by atoms with Gasteiger partial charge in [0.05, 0.1) is 0 Å². The highest BCUT2D eigenvalue weighted by molar-refractivity contribution is 5.75. The second-order valence-electron chi connectivity index (χ2n) is 5.83. The Hall–Kier alpha value is -3.02. The molecule has 0 aliphatic carbocycles. The maximum atomic E-state index is 12.2. The van der Waals surface area contributed by atoms with E-state index >= 15 is 0 Å². The Kier molecular flexibility index (Phi) is 5.51. The topological polar surface area (TPSA) is 72.7 Å². The number of tetrazole rings is 1. The molecule has 0 saturated heterocycles. The highest BCUT2D eigenvalue weighted by Gasteiger charge is 2.12. The van der Waals surface area contributed by atoms with Crippen molar-refractivity contribution in [2.45, 2.75) is 25.8 Å². The molecule has 0 fully saturated rings. The van der Waals surface area contributed by atoms with E-state index < -0.39 is 0 Å². The lowest BCUT2D eigenvalue weighted by Crippen LogP contribution is -2.32. The van der Waals surface area contributed by atoms with Gasteiger partial charge in [-0.05, 0) is 17.2 Å². The van der Waals surface area contributed by atoms with Crippen LogP contribution in [0.5, 0.6) is 0 Å². The van der Waals surface area contributed by atoms with Crippen LogP contribution in [0.4, 0.5) is 0 Å². The largest absolute Gasteiger partial charge is 0.354 e. The van der Waals surface area contributed by atoms with E-state index in [4.69, 9.17) is 0 Å². The Morgan fingerprint density at radius 1 is 1.08 bits per heavy atom. The second-order valence-corrected chi connectivity index (χ2v) is 5.83. The van der Waals surface area contributed by atoms with E-state index in [0.29, 0.717) is 18.3 Å². The van der Waals surface area contributed by atoms with Crippen molar-refractivity contribution in [3.05, 3.63) is 66.2 Å². The SMILES string of the molecule is CCC(CNC(=O)Cn1nnc(-c2ccccc2)n1)c1ccccc1. The van der Waals surface area contributed by atoms with Gasteiger partial charge in [-0.25, -0.2) is 0 Å². The van der Waals surface area contributed by atoms with Gasteiger partial charge in [-0.1, -0.05) is 67.6 Å². The molecule has 25 heavy (non-hydrogen) atoms. The minimum atomic E-state index is -0.119. The van der Waals surface area contributed by atoms with E-state index in [1.165, 1.54) is 10.4 Å². The van der Waals surface area contributed by atoms with Gasteiger partial charge >= 0.3 is 0 Å². The van der Waals surface area contributed by atoms with Crippen LogP contribution in [0.3, 0.4) is 0 Å². The van der Waals surface area contributed by atoms with Crippen molar-refractivity contribution in [3.63, 3.8) is 0 Å². The summed E-state index contributed by atoms with van der Waals surface area (Å²) < 4.78 is 0. The monoisotopic (exact) mass is 335 g/mol. The van der Waals surface area contributed by atoms with E-state index in [2.05, 4.69) is 39.8 Å². The molecule has 3 aromatic rings. The maximum Gasteiger partial charge on any atom is 0.243 e. The fourth-order valence-corrected chi connectivity index (χ4v) is 2.66. The molecule has 1 aromatic heterocycles. The summed E-state index contributed by atoms with van der Waals surface area (Å²) >= 11 is 0. The average molecular weight is 335 g/mol. The van der Waals surface area contributed by atoms with Crippen molar-refractivity contribution in [2.75, 3.05) is 6.54 Å². The number of nitrogens with one attached hydrogen (secondary N) is 1. The van der Waals surface area contributed by atoms with Gasteiger partial charge in [-0.2, -0.15) is 4.80 Å². The molecule has 0 bridgehead atoms. The predicted molar refractivity (Wildman–Crippen MR) is 95.7 cm³/mol. The molecule has 1 heterocycles. The highest BCUT2D eigenvalue weighted by atomic mass is 16.2. The Bertz CT molecular complexity index is 801. The van der Waals surface area contributed by atoms with Crippen molar-refractivity contribution < 1.29 is 4.79 Å². The summed E-state index contributed by atoms with van der Waals surface area (Å²) in [5.74, 6) is 0.698. The molecule has 1 amide bonds. The summed E-state index contributed by atoms with van der Waals surface area (Å²) in [4.78, 5) is 13.5. The molecular weight excluding hydrogens is 314 g/mol. The van der Waals surface area contributed by atoms with Crippen molar-refractivity contribution in [1.82, 2.24) is 25.5 Å². The highest BCUT2D eigenvalue weighted by Crippen LogP contribution is 2.17. The third kappa shape index (κ3) is 4.50. The first-order valence-corrected chi connectivity index (χ1v) is 8.41. The lowest BCUT2D eigenvalue weighted by Gasteiger charge is -2.16. The van der Waals surface area contributed by atoms with Crippen LogP contribution in [0.1, 0.15) is 24.8 Å². The lowest BCUT2D eigenvalue weighted by molar-refractivity contribution is -0.122. The molecule has 1 atom stereocenters. The number of hydrogen-bond donors (Lipinski definition) is 1. The van der Waals surface area contributed by atoms with E-state index in [9.17, 15) is 4.79 Å². The van der Waals surface area contributed by atoms with Crippen LogP contribution < -0.4 is 5.32 Å². The van der Waals surface area contributed by atoms with Crippen molar-refractivity contribution >= 4 is 5.91 Å². The van der Waals surface area contributed by atoms with Crippen LogP contribution in [0, 0.1) is 0 Å². The van der Waals surface area contributed by atoms with Gasteiger partial charge in [0, 0.05) is 18.0 Å². The molecule has 6 nitrogen and oxygen atoms in total. The summed E-state index contributed by atoms with van der Waals surface area (Å²) in [6.45, 7) is 2.78. The van der Waals surface area contributed by atoms with Crippen molar-refractivity contribution in [2.24, 2.45) is 0 Å². The van der Waals surface area contributed by atoms with Gasteiger partial charge < -0.3 is 5.32 Å². The lowest BCUT2D eigenvalue weighted by atomic mass is 9.96. The zero-order valence-corrected chi connectivity index (χ0v) is 14.2. The van der Waals surface area contributed by atoms with Gasteiger partial charge in [0.25, 0.3) is 0 Å². The molecule has 0 aliphatic rings. The fourth-order valence-electron chi connectivity index (χ4n) is 2.66. The van der Waals surface area contributed by atoms with Gasteiger partial charge in [0.2, 0.25) is 11.7 Å². The summed E-state index contributed by atoms with van der Waals surface area (Å²) in [5, 5.41) is 15.2. The Morgan fingerprint density at radius 2 is 1.76 bits per heavy atom. The van der Waals surface area contributed by atoms with Crippen molar-refractivity contribution in [1.29, 1.82) is 0 Å². The number of amides is 1. The molecule has 0 radical (unpaired) electrons. The number of carbonyl (C=O) groups excluding carboxylic acids is 1. The maximum absolute atomic E-state index is 12.2. The third-order valence-electron chi connectivity index (χ3n) is 4.08. The van der Waals surface area contributed by atoms with Crippen LogP contribution in [0.2, 0.25) is 0 Å². The van der Waals surface area contributed by atoms with Crippen LogP contribution in [0.25, 0.3) is 11.4 Å². The van der Waals surface area contributed by atoms with E-state index in [1.54, 1.807) is 0 Å². The summed E-state index contributed by atoms with van der Waals surface area (Å²) in [7, 11) is 0. The second kappa shape index (κ2) is 8.19. The molecule has 128 valence electrons. The number of hydrogen-bond acceptors (Lipinski definition) is 4. The summed E-state index contributed by atoms with van der Waals surface area (Å²) in [6, 6.07) is 19.8. The molecular formula is C19H21N5O. The molecule has 1 N–H and O–H groups in total. The Morgan fingerprint density at radius 3 is 2.44 bits per heavy atom. The minimum absolute atomic E-state index is 0.0606. The predicted octanol–water partition coefficient (Wildman–Crippen LogP) is 2.65. The molecule has 6 heteroatoms. The average Bonchev–Trinajstić information content (AvgIpc) is 3.12. The summed E-state index contributed by atoms with van der Waals surface area (Å²) in [5.41, 5.74) is 2.11. The molecule has 0 aliphatic heterocycles. The van der Waals surface area contributed by atoms with E-state index in [1.807, 2.05) is 48.5 Å². The first-order valence-electron chi connectivity index (χ1n) is 8.41. The number of rotatable bonds is 7. The Balaban J connectivity index is 1.55. The zero-order valence-electron chi connectivity index (χ0n) is 14.2. The smallest absolute Gasteiger partial charge is 0.243 e. The number of benzene rings is 2. The normalized spacial score (nSPS) is 11.9. The van der Waals surface area contributed by atoms with Gasteiger partial charge in [-0.15, -0.1) is 10.2 Å². The van der Waals surface area contributed by atoms with Crippen LogP contribution in [-0.2, 0) is 11.3 Å². The molecule has 0 spiro atoms. The molecule has 0 saturated carbocycles. The number of aromatic nitrogens is 4. The van der Waals surface area contributed by atoms with Gasteiger partial charge in [0.15, 0.2) is 0 Å².